The van der Waals surface area contributed by atoms with Gasteiger partial charge in [-0.2, -0.15) is 0 Å². The van der Waals surface area contributed by atoms with E-state index >= 15 is 0 Å². The second kappa shape index (κ2) is 8.97. The smallest absolute Gasteiger partial charge is 0.279 e. The van der Waals surface area contributed by atoms with E-state index in [4.69, 9.17) is 9.47 Å². The summed E-state index contributed by atoms with van der Waals surface area (Å²) in [6, 6.07) is 7.42. The summed E-state index contributed by atoms with van der Waals surface area (Å²) >= 11 is 0. The van der Waals surface area contributed by atoms with Gasteiger partial charge in [-0.15, -0.1) is 0 Å². The highest BCUT2D eigenvalue weighted by molar-refractivity contribution is 5.84. The Morgan fingerprint density at radius 3 is 2.62 bits per heavy atom. The van der Waals surface area contributed by atoms with Crippen LogP contribution >= 0.6 is 0 Å². The van der Waals surface area contributed by atoms with Gasteiger partial charge in [0.25, 0.3) is 5.91 Å². The van der Waals surface area contributed by atoms with Gasteiger partial charge in [-0.25, -0.2) is 0 Å². The molecule has 2 N–H and O–H groups in total. The summed E-state index contributed by atoms with van der Waals surface area (Å²) in [6.45, 7) is 6.25. The predicted molar refractivity (Wildman–Crippen MR) is 78.7 cm³/mol. The highest BCUT2D eigenvalue weighted by Crippen LogP contribution is 2.17. The Kier molecular flexibility index (Phi) is 7.25. The number of hydrogen-bond acceptors (Lipinski definition) is 4. The van der Waals surface area contributed by atoms with Crippen molar-refractivity contribution in [1.29, 1.82) is 0 Å². The molecule has 21 heavy (non-hydrogen) atoms. The molecule has 6 nitrogen and oxygen atoms in total. The average Bonchev–Trinajstić information content (AvgIpc) is 2.47. The number of hydrazine groups is 1. The fourth-order valence-corrected chi connectivity index (χ4v) is 1.54. The molecule has 0 saturated carbocycles. The lowest BCUT2D eigenvalue weighted by atomic mass is 10.2. The monoisotopic (exact) mass is 294 g/mol. The summed E-state index contributed by atoms with van der Waals surface area (Å²) in [6.07, 6.45) is -0.514. The molecule has 1 atom stereocenters. The van der Waals surface area contributed by atoms with Crippen LogP contribution in [0.4, 0.5) is 0 Å². The quantitative estimate of drug-likeness (QED) is 0.587. The van der Waals surface area contributed by atoms with Crippen molar-refractivity contribution < 1.29 is 19.1 Å². The summed E-state index contributed by atoms with van der Waals surface area (Å²) in [5.74, 6) is -0.0780. The van der Waals surface area contributed by atoms with Crippen molar-refractivity contribution in [3.05, 3.63) is 29.8 Å². The molecule has 1 aromatic carbocycles. The fraction of sp³-hybridized carbons (Fsp3) is 0.467. The zero-order chi connectivity index (χ0) is 15.7. The van der Waals surface area contributed by atoms with E-state index in [-0.39, 0.29) is 12.3 Å². The van der Waals surface area contributed by atoms with Crippen LogP contribution in [0.5, 0.6) is 5.75 Å². The lowest BCUT2D eigenvalue weighted by Crippen LogP contribution is -2.47. The number of hydrogen-bond donors (Lipinski definition) is 2. The topological polar surface area (TPSA) is 76.7 Å². The Balaban J connectivity index is 2.34. The van der Waals surface area contributed by atoms with Crippen LogP contribution in [0.3, 0.4) is 0 Å². The van der Waals surface area contributed by atoms with Crippen LogP contribution < -0.4 is 15.6 Å². The molecule has 0 aromatic heterocycles. The van der Waals surface area contributed by atoms with Crippen molar-refractivity contribution in [2.24, 2.45) is 0 Å². The summed E-state index contributed by atoms with van der Waals surface area (Å²) in [4.78, 5) is 23.2. The Bertz CT molecular complexity index is 476. The standard InChI is InChI=1S/C15H22N2O4/c1-4-20-10-9-14(18)16-17-15(19)12(3)21-13-8-6-5-7-11(13)2/h5-8,12H,4,9-10H2,1-3H3,(H,16,18)(H,17,19). The first-order valence-electron chi connectivity index (χ1n) is 6.93. The van der Waals surface area contributed by atoms with E-state index < -0.39 is 12.0 Å². The molecule has 0 aliphatic rings. The first kappa shape index (κ1) is 17.0. The lowest BCUT2D eigenvalue weighted by molar-refractivity contribution is -0.133. The zero-order valence-electron chi connectivity index (χ0n) is 12.6. The molecule has 0 fully saturated rings. The molecule has 0 aliphatic carbocycles. The maximum Gasteiger partial charge on any atom is 0.279 e. The van der Waals surface area contributed by atoms with E-state index in [2.05, 4.69) is 10.9 Å². The Hall–Kier alpha value is -2.08. The Morgan fingerprint density at radius 1 is 1.24 bits per heavy atom. The van der Waals surface area contributed by atoms with E-state index in [1.165, 1.54) is 0 Å². The van der Waals surface area contributed by atoms with E-state index in [0.717, 1.165) is 5.56 Å². The van der Waals surface area contributed by atoms with Crippen molar-refractivity contribution in [2.45, 2.75) is 33.3 Å². The second-order valence-corrected chi connectivity index (χ2v) is 4.51. The van der Waals surface area contributed by atoms with E-state index in [9.17, 15) is 9.59 Å². The SMILES string of the molecule is CCOCCC(=O)NNC(=O)C(C)Oc1ccccc1C. The van der Waals surface area contributed by atoms with Crippen LogP contribution in [-0.4, -0.2) is 31.1 Å². The van der Waals surface area contributed by atoms with Crippen molar-refractivity contribution in [3.63, 3.8) is 0 Å². The normalized spacial score (nSPS) is 11.6. The van der Waals surface area contributed by atoms with Gasteiger partial charge in [0.1, 0.15) is 5.75 Å². The highest BCUT2D eigenvalue weighted by Gasteiger charge is 2.16. The maximum absolute atomic E-state index is 11.8. The Morgan fingerprint density at radius 2 is 1.95 bits per heavy atom. The molecule has 1 aromatic rings. The van der Waals surface area contributed by atoms with Gasteiger partial charge in [0.2, 0.25) is 5.91 Å². The number of carbonyl (C=O) groups is 2. The van der Waals surface area contributed by atoms with Crippen LogP contribution in [0.15, 0.2) is 24.3 Å². The van der Waals surface area contributed by atoms with E-state index in [1.54, 1.807) is 13.0 Å². The van der Waals surface area contributed by atoms with Gasteiger partial charge in [-0.05, 0) is 32.4 Å². The largest absolute Gasteiger partial charge is 0.481 e. The summed E-state index contributed by atoms with van der Waals surface area (Å²) in [7, 11) is 0. The maximum atomic E-state index is 11.8. The third-order valence-corrected chi connectivity index (χ3v) is 2.77. The number of benzene rings is 1. The van der Waals surface area contributed by atoms with Gasteiger partial charge in [0, 0.05) is 6.61 Å². The summed E-state index contributed by atoms with van der Waals surface area (Å²) < 4.78 is 10.6. The molecule has 0 bridgehead atoms. The van der Waals surface area contributed by atoms with Crippen LogP contribution in [0.25, 0.3) is 0 Å². The molecule has 1 unspecified atom stereocenters. The first-order valence-corrected chi connectivity index (χ1v) is 6.93. The van der Waals surface area contributed by atoms with Crippen molar-refractivity contribution in [2.75, 3.05) is 13.2 Å². The molecule has 0 radical (unpaired) electrons. The van der Waals surface area contributed by atoms with E-state index in [0.29, 0.717) is 19.0 Å². The summed E-state index contributed by atoms with van der Waals surface area (Å²) in [5.41, 5.74) is 5.60. The molecule has 0 aliphatic heterocycles. The number of aryl methyl sites for hydroxylation is 1. The van der Waals surface area contributed by atoms with Crippen LogP contribution in [-0.2, 0) is 14.3 Å². The predicted octanol–water partition coefficient (Wildman–Crippen LogP) is 1.34. The average molecular weight is 294 g/mol. The van der Waals surface area contributed by atoms with Gasteiger partial charge in [0.05, 0.1) is 13.0 Å². The molecular formula is C15H22N2O4. The molecule has 0 spiro atoms. The highest BCUT2D eigenvalue weighted by atomic mass is 16.5. The number of rotatable bonds is 7. The number of ether oxygens (including phenoxy) is 2. The van der Waals surface area contributed by atoms with Crippen molar-refractivity contribution in [1.82, 2.24) is 10.9 Å². The van der Waals surface area contributed by atoms with Gasteiger partial charge in [0.15, 0.2) is 6.10 Å². The van der Waals surface area contributed by atoms with Gasteiger partial charge in [-0.3, -0.25) is 20.4 Å². The van der Waals surface area contributed by atoms with Crippen molar-refractivity contribution in [3.8, 4) is 5.75 Å². The van der Waals surface area contributed by atoms with Crippen LogP contribution in [0.1, 0.15) is 25.8 Å². The molecular weight excluding hydrogens is 272 g/mol. The van der Waals surface area contributed by atoms with Gasteiger partial charge in [-0.1, -0.05) is 18.2 Å². The third kappa shape index (κ3) is 6.27. The number of carbonyl (C=O) groups excluding carboxylic acids is 2. The molecule has 116 valence electrons. The molecule has 6 heteroatoms. The Labute approximate surface area is 124 Å². The number of amides is 2. The van der Waals surface area contributed by atoms with Crippen LogP contribution in [0.2, 0.25) is 0 Å². The van der Waals surface area contributed by atoms with Gasteiger partial charge >= 0.3 is 0 Å². The van der Waals surface area contributed by atoms with E-state index in [1.807, 2.05) is 32.0 Å². The minimum atomic E-state index is -0.710. The van der Waals surface area contributed by atoms with Crippen LogP contribution in [0, 0.1) is 6.92 Å². The second-order valence-electron chi connectivity index (χ2n) is 4.51. The van der Waals surface area contributed by atoms with Crippen molar-refractivity contribution >= 4 is 11.8 Å². The lowest BCUT2D eigenvalue weighted by Gasteiger charge is -2.16. The molecule has 0 heterocycles. The molecule has 2 amide bonds. The fourth-order valence-electron chi connectivity index (χ4n) is 1.54. The number of nitrogens with one attached hydrogen (secondary N) is 2. The third-order valence-electron chi connectivity index (χ3n) is 2.77. The first-order chi connectivity index (χ1) is 10.0. The zero-order valence-corrected chi connectivity index (χ0v) is 12.6. The minimum Gasteiger partial charge on any atom is -0.481 e. The van der Waals surface area contributed by atoms with Gasteiger partial charge < -0.3 is 9.47 Å². The molecule has 0 saturated heterocycles. The minimum absolute atomic E-state index is 0.196. The molecule has 1 rings (SSSR count). The summed E-state index contributed by atoms with van der Waals surface area (Å²) in [5, 5.41) is 0. The number of para-hydroxylation sites is 1.